The molecule has 0 aromatic heterocycles. The number of fused-ring (bicyclic) bond motifs is 1. The SMILES string of the molecule is CC1CN(C(=O)Nc2cc(F)ccc2F)c2ccccc2S1. The first kappa shape index (κ1) is 14.8. The summed E-state index contributed by atoms with van der Waals surface area (Å²) in [7, 11) is 0. The van der Waals surface area contributed by atoms with Gasteiger partial charge in [0, 0.05) is 22.8 Å². The molecule has 0 aliphatic carbocycles. The molecule has 2 aromatic rings. The van der Waals surface area contributed by atoms with Crippen molar-refractivity contribution < 1.29 is 13.6 Å². The van der Waals surface area contributed by atoms with Crippen LogP contribution in [-0.2, 0) is 0 Å². The van der Waals surface area contributed by atoms with Crippen LogP contribution >= 0.6 is 11.8 Å². The lowest BCUT2D eigenvalue weighted by atomic mass is 10.2. The van der Waals surface area contributed by atoms with Gasteiger partial charge in [-0.15, -0.1) is 11.8 Å². The molecule has 2 amide bonds. The molecule has 114 valence electrons. The summed E-state index contributed by atoms with van der Waals surface area (Å²) in [6.45, 7) is 2.52. The molecule has 1 aliphatic heterocycles. The zero-order chi connectivity index (χ0) is 15.7. The molecule has 1 N–H and O–H groups in total. The second-order valence-corrected chi connectivity index (χ2v) is 6.54. The normalized spacial score (nSPS) is 17.0. The van der Waals surface area contributed by atoms with Gasteiger partial charge in [0.25, 0.3) is 0 Å². The third-order valence-corrected chi connectivity index (χ3v) is 4.49. The Kier molecular flexibility index (Phi) is 4.02. The Hall–Kier alpha value is -2.08. The van der Waals surface area contributed by atoms with E-state index >= 15 is 0 Å². The summed E-state index contributed by atoms with van der Waals surface area (Å²) in [5.74, 6) is -1.26. The van der Waals surface area contributed by atoms with Gasteiger partial charge in [-0.1, -0.05) is 19.1 Å². The van der Waals surface area contributed by atoms with Gasteiger partial charge in [0.05, 0.1) is 11.4 Å². The lowest BCUT2D eigenvalue weighted by molar-refractivity contribution is 0.256. The summed E-state index contributed by atoms with van der Waals surface area (Å²) >= 11 is 1.69. The third-order valence-electron chi connectivity index (χ3n) is 3.34. The maximum atomic E-state index is 13.7. The second kappa shape index (κ2) is 5.96. The van der Waals surface area contributed by atoms with Gasteiger partial charge >= 0.3 is 6.03 Å². The Morgan fingerprint density at radius 3 is 2.86 bits per heavy atom. The molecular weight excluding hydrogens is 306 g/mol. The number of carbonyl (C=O) groups excluding carboxylic acids is 1. The topological polar surface area (TPSA) is 32.3 Å². The van der Waals surface area contributed by atoms with Crippen molar-refractivity contribution in [1.82, 2.24) is 0 Å². The molecule has 2 aromatic carbocycles. The number of nitrogens with one attached hydrogen (secondary N) is 1. The Morgan fingerprint density at radius 2 is 2.05 bits per heavy atom. The molecule has 1 aliphatic rings. The number of para-hydroxylation sites is 1. The van der Waals surface area contributed by atoms with Crippen molar-refractivity contribution in [2.45, 2.75) is 17.1 Å². The maximum absolute atomic E-state index is 13.7. The molecule has 1 atom stereocenters. The van der Waals surface area contributed by atoms with Crippen molar-refractivity contribution in [2.24, 2.45) is 0 Å². The number of thioether (sulfide) groups is 1. The van der Waals surface area contributed by atoms with E-state index in [-0.39, 0.29) is 10.9 Å². The van der Waals surface area contributed by atoms with Gasteiger partial charge in [0.1, 0.15) is 11.6 Å². The first-order chi connectivity index (χ1) is 10.5. The highest BCUT2D eigenvalue weighted by atomic mass is 32.2. The Morgan fingerprint density at radius 1 is 1.27 bits per heavy atom. The van der Waals surface area contributed by atoms with Gasteiger partial charge < -0.3 is 5.32 Å². The largest absolute Gasteiger partial charge is 0.326 e. The number of urea groups is 1. The second-order valence-electron chi connectivity index (χ2n) is 5.06. The Labute approximate surface area is 131 Å². The predicted molar refractivity (Wildman–Crippen MR) is 84.5 cm³/mol. The van der Waals surface area contributed by atoms with Gasteiger partial charge in [0.15, 0.2) is 0 Å². The van der Waals surface area contributed by atoms with Crippen LogP contribution in [0.25, 0.3) is 0 Å². The van der Waals surface area contributed by atoms with Crippen LogP contribution in [0.4, 0.5) is 25.0 Å². The molecule has 0 bridgehead atoms. The van der Waals surface area contributed by atoms with Gasteiger partial charge in [-0.3, -0.25) is 4.90 Å². The van der Waals surface area contributed by atoms with Crippen LogP contribution in [0.2, 0.25) is 0 Å². The minimum absolute atomic E-state index is 0.159. The fraction of sp³-hybridized carbons (Fsp3) is 0.188. The van der Waals surface area contributed by atoms with Crippen molar-refractivity contribution in [3.63, 3.8) is 0 Å². The average molecular weight is 320 g/mol. The van der Waals surface area contributed by atoms with Crippen LogP contribution in [0.15, 0.2) is 47.4 Å². The zero-order valence-electron chi connectivity index (χ0n) is 11.8. The van der Waals surface area contributed by atoms with Crippen LogP contribution in [0.1, 0.15) is 6.92 Å². The molecule has 0 fully saturated rings. The van der Waals surface area contributed by atoms with E-state index in [0.29, 0.717) is 6.54 Å². The predicted octanol–water partition coefficient (Wildman–Crippen LogP) is 4.50. The van der Waals surface area contributed by atoms with Gasteiger partial charge in [-0.2, -0.15) is 0 Å². The quantitative estimate of drug-likeness (QED) is 0.839. The molecule has 0 saturated carbocycles. The van der Waals surface area contributed by atoms with Gasteiger partial charge in [-0.25, -0.2) is 13.6 Å². The number of carbonyl (C=O) groups is 1. The molecule has 1 heterocycles. The van der Waals surface area contributed by atoms with Gasteiger partial charge in [-0.05, 0) is 24.3 Å². The van der Waals surface area contributed by atoms with Crippen molar-refractivity contribution in [2.75, 3.05) is 16.8 Å². The summed E-state index contributed by atoms with van der Waals surface area (Å²) in [5, 5.41) is 2.67. The Balaban J connectivity index is 1.88. The van der Waals surface area contributed by atoms with Crippen LogP contribution in [0.5, 0.6) is 0 Å². The molecule has 6 heteroatoms. The monoisotopic (exact) mass is 320 g/mol. The number of benzene rings is 2. The van der Waals surface area contributed by atoms with E-state index in [2.05, 4.69) is 5.32 Å². The number of hydrogen-bond donors (Lipinski definition) is 1. The first-order valence-electron chi connectivity index (χ1n) is 6.84. The van der Waals surface area contributed by atoms with E-state index < -0.39 is 17.7 Å². The molecule has 3 rings (SSSR count). The highest BCUT2D eigenvalue weighted by molar-refractivity contribution is 8.00. The highest BCUT2D eigenvalue weighted by Gasteiger charge is 2.27. The number of nitrogens with zero attached hydrogens (tertiary/aromatic N) is 1. The summed E-state index contributed by atoms with van der Waals surface area (Å²) < 4.78 is 26.9. The Bertz CT molecular complexity index is 723. The first-order valence-corrected chi connectivity index (χ1v) is 7.72. The van der Waals surface area contributed by atoms with Crippen molar-refractivity contribution in [1.29, 1.82) is 0 Å². The molecular formula is C16H14F2N2OS. The summed E-state index contributed by atoms with van der Waals surface area (Å²) in [6, 6.07) is 10.1. The average Bonchev–Trinajstić information content (AvgIpc) is 2.50. The molecule has 0 radical (unpaired) electrons. The van der Waals surface area contributed by atoms with Crippen molar-refractivity contribution in [3.8, 4) is 0 Å². The smallest absolute Gasteiger partial charge is 0.305 e. The molecule has 0 spiro atoms. The minimum Gasteiger partial charge on any atom is -0.305 e. The van der Waals surface area contributed by atoms with E-state index in [4.69, 9.17) is 0 Å². The summed E-state index contributed by atoms with van der Waals surface area (Å²) in [4.78, 5) is 15.0. The van der Waals surface area contributed by atoms with E-state index in [1.165, 1.54) is 0 Å². The van der Waals surface area contributed by atoms with Crippen LogP contribution < -0.4 is 10.2 Å². The van der Waals surface area contributed by atoms with Crippen molar-refractivity contribution >= 4 is 29.2 Å². The lowest BCUT2D eigenvalue weighted by Gasteiger charge is -2.32. The number of halogens is 2. The zero-order valence-corrected chi connectivity index (χ0v) is 12.7. The molecule has 1 unspecified atom stereocenters. The van der Waals surface area contributed by atoms with E-state index in [9.17, 15) is 13.6 Å². The highest BCUT2D eigenvalue weighted by Crippen LogP contribution is 2.38. The molecule has 3 nitrogen and oxygen atoms in total. The summed E-state index contributed by atoms with van der Waals surface area (Å²) in [6.07, 6.45) is 0. The van der Waals surface area contributed by atoms with E-state index in [1.54, 1.807) is 16.7 Å². The third kappa shape index (κ3) is 2.92. The number of hydrogen-bond acceptors (Lipinski definition) is 2. The minimum atomic E-state index is -0.664. The van der Waals surface area contributed by atoms with Crippen LogP contribution in [0.3, 0.4) is 0 Å². The number of amides is 2. The van der Waals surface area contributed by atoms with Crippen molar-refractivity contribution in [3.05, 3.63) is 54.1 Å². The summed E-state index contributed by atoms with van der Waals surface area (Å²) in [5.41, 5.74) is 0.619. The fourth-order valence-electron chi connectivity index (χ4n) is 2.36. The van der Waals surface area contributed by atoms with Crippen LogP contribution in [0, 0.1) is 11.6 Å². The lowest BCUT2D eigenvalue weighted by Crippen LogP contribution is -2.41. The van der Waals surface area contributed by atoms with Gasteiger partial charge in [0.2, 0.25) is 0 Å². The number of rotatable bonds is 1. The maximum Gasteiger partial charge on any atom is 0.326 e. The van der Waals surface area contributed by atoms with E-state index in [0.717, 1.165) is 28.8 Å². The molecule has 22 heavy (non-hydrogen) atoms. The standard InChI is InChI=1S/C16H14F2N2OS/c1-10-9-20(14-4-2-3-5-15(14)22-10)16(21)19-13-8-11(17)6-7-12(13)18/h2-8,10H,9H2,1H3,(H,19,21). The number of anilines is 2. The molecule has 0 saturated heterocycles. The van der Waals surface area contributed by atoms with E-state index in [1.807, 2.05) is 31.2 Å². The van der Waals surface area contributed by atoms with Crippen LogP contribution in [-0.4, -0.2) is 17.8 Å². The fourth-order valence-corrected chi connectivity index (χ4v) is 3.47.